The van der Waals surface area contributed by atoms with Gasteiger partial charge in [0.1, 0.15) is 5.75 Å². The Hall–Kier alpha value is -2.49. The summed E-state index contributed by atoms with van der Waals surface area (Å²) in [5.41, 5.74) is 0.496. The summed E-state index contributed by atoms with van der Waals surface area (Å²) in [4.78, 5) is 22.7. The first-order valence-electron chi connectivity index (χ1n) is 6.20. The zero-order valence-corrected chi connectivity index (χ0v) is 12.5. The van der Waals surface area contributed by atoms with Crippen LogP contribution in [0.3, 0.4) is 0 Å². The zero-order chi connectivity index (χ0) is 17.0. The van der Waals surface area contributed by atoms with E-state index < -0.39 is 23.7 Å². The molecule has 2 aromatic rings. The molecule has 0 radical (unpaired) electrons. The third kappa shape index (κ3) is 4.74. The van der Waals surface area contributed by atoms with Crippen LogP contribution in [0.15, 0.2) is 24.3 Å². The van der Waals surface area contributed by atoms with Gasteiger partial charge in [-0.2, -0.15) is 13.2 Å². The van der Waals surface area contributed by atoms with Crippen LogP contribution in [0.1, 0.15) is 22.3 Å². The highest BCUT2D eigenvalue weighted by atomic mass is 32.1. The van der Waals surface area contributed by atoms with Crippen LogP contribution in [0.2, 0.25) is 0 Å². The number of aromatic nitrogens is 2. The first-order valence-corrected chi connectivity index (χ1v) is 7.01. The van der Waals surface area contributed by atoms with Crippen molar-refractivity contribution in [3.8, 4) is 5.75 Å². The molecule has 6 nitrogen and oxygen atoms in total. The Morgan fingerprint density at radius 1 is 1.22 bits per heavy atom. The van der Waals surface area contributed by atoms with Gasteiger partial charge < -0.3 is 4.74 Å². The first-order chi connectivity index (χ1) is 10.8. The van der Waals surface area contributed by atoms with Crippen molar-refractivity contribution in [3.63, 3.8) is 0 Å². The van der Waals surface area contributed by atoms with Gasteiger partial charge in [0, 0.05) is 5.56 Å². The SMILES string of the molecule is CC(=O)c1ccc(OCC(=O)Nc2nnc(C(F)(F)F)s2)cc1. The summed E-state index contributed by atoms with van der Waals surface area (Å²) in [6.45, 7) is 1.00. The van der Waals surface area contributed by atoms with Crippen molar-refractivity contribution in [1.29, 1.82) is 0 Å². The molecule has 0 bridgehead atoms. The third-order valence-corrected chi connectivity index (χ3v) is 3.43. The molecule has 0 atom stereocenters. The maximum absolute atomic E-state index is 12.3. The molecule has 1 amide bonds. The van der Waals surface area contributed by atoms with Crippen molar-refractivity contribution in [2.75, 3.05) is 11.9 Å². The van der Waals surface area contributed by atoms with Gasteiger partial charge in [0.2, 0.25) is 10.1 Å². The Morgan fingerprint density at radius 3 is 2.39 bits per heavy atom. The number of halogens is 3. The molecule has 0 aliphatic rings. The van der Waals surface area contributed by atoms with Gasteiger partial charge >= 0.3 is 6.18 Å². The number of rotatable bonds is 5. The molecule has 0 saturated carbocycles. The highest BCUT2D eigenvalue weighted by Gasteiger charge is 2.35. The molecular weight excluding hydrogens is 335 g/mol. The molecule has 0 unspecified atom stereocenters. The van der Waals surface area contributed by atoms with E-state index in [9.17, 15) is 22.8 Å². The second-order valence-corrected chi connectivity index (χ2v) is 5.31. The summed E-state index contributed by atoms with van der Waals surface area (Å²) in [5, 5.41) is 6.92. The maximum Gasteiger partial charge on any atom is 0.445 e. The largest absolute Gasteiger partial charge is 0.484 e. The van der Waals surface area contributed by atoms with Crippen LogP contribution in [-0.2, 0) is 11.0 Å². The predicted molar refractivity (Wildman–Crippen MR) is 75.5 cm³/mol. The van der Waals surface area contributed by atoms with Gasteiger partial charge in [0.15, 0.2) is 12.4 Å². The fourth-order valence-corrected chi connectivity index (χ4v) is 2.11. The molecule has 1 heterocycles. The second kappa shape index (κ2) is 6.73. The number of nitrogens with one attached hydrogen (secondary N) is 1. The predicted octanol–water partition coefficient (Wildman–Crippen LogP) is 2.78. The third-order valence-electron chi connectivity index (χ3n) is 2.54. The van der Waals surface area contributed by atoms with Crippen LogP contribution in [0.4, 0.5) is 18.3 Å². The van der Waals surface area contributed by atoms with Crippen LogP contribution in [0, 0.1) is 0 Å². The molecule has 0 aliphatic carbocycles. The van der Waals surface area contributed by atoms with E-state index in [0.717, 1.165) is 0 Å². The van der Waals surface area contributed by atoms with E-state index >= 15 is 0 Å². The molecule has 0 aliphatic heterocycles. The smallest absolute Gasteiger partial charge is 0.445 e. The van der Waals surface area contributed by atoms with Crippen LogP contribution >= 0.6 is 11.3 Å². The Kier molecular flexibility index (Phi) is 4.94. The van der Waals surface area contributed by atoms with E-state index in [1.54, 1.807) is 0 Å². The molecule has 122 valence electrons. The number of carbonyl (C=O) groups excluding carboxylic acids is 2. The number of hydrogen-bond acceptors (Lipinski definition) is 6. The number of alkyl halides is 3. The minimum Gasteiger partial charge on any atom is -0.484 e. The van der Waals surface area contributed by atoms with Crippen LogP contribution in [-0.4, -0.2) is 28.5 Å². The molecule has 1 aromatic carbocycles. The molecule has 0 fully saturated rings. The van der Waals surface area contributed by atoms with Gasteiger partial charge in [0.25, 0.3) is 5.91 Å². The molecule has 23 heavy (non-hydrogen) atoms. The lowest BCUT2D eigenvalue weighted by Gasteiger charge is -2.06. The number of nitrogens with zero attached hydrogens (tertiary/aromatic N) is 2. The second-order valence-electron chi connectivity index (χ2n) is 4.33. The number of anilines is 1. The lowest BCUT2D eigenvalue weighted by molar-refractivity contribution is -0.138. The van der Waals surface area contributed by atoms with Crippen molar-refractivity contribution < 1.29 is 27.5 Å². The number of hydrogen-bond donors (Lipinski definition) is 1. The molecule has 10 heteroatoms. The van der Waals surface area contributed by atoms with Crippen molar-refractivity contribution in [3.05, 3.63) is 34.8 Å². The van der Waals surface area contributed by atoms with Gasteiger partial charge in [-0.1, -0.05) is 11.3 Å². The van der Waals surface area contributed by atoms with Gasteiger partial charge in [-0.15, -0.1) is 10.2 Å². The van der Waals surface area contributed by atoms with E-state index in [2.05, 4.69) is 15.5 Å². The number of Topliss-reactive ketones (excluding diaryl/α,β-unsaturated/α-hetero) is 1. The quantitative estimate of drug-likeness (QED) is 0.843. The first kappa shape index (κ1) is 16.9. The summed E-state index contributed by atoms with van der Waals surface area (Å²) in [6.07, 6.45) is -4.60. The molecular formula is C13H10F3N3O3S. The minimum absolute atomic E-state index is 0.106. The zero-order valence-electron chi connectivity index (χ0n) is 11.7. The van der Waals surface area contributed by atoms with E-state index in [-0.39, 0.29) is 22.3 Å². The van der Waals surface area contributed by atoms with Crippen LogP contribution in [0.5, 0.6) is 5.75 Å². The Bertz CT molecular complexity index is 713. The van der Waals surface area contributed by atoms with E-state index in [0.29, 0.717) is 11.3 Å². The Balaban J connectivity index is 1.87. The van der Waals surface area contributed by atoms with Crippen LogP contribution in [0.25, 0.3) is 0 Å². The maximum atomic E-state index is 12.3. The lowest BCUT2D eigenvalue weighted by Crippen LogP contribution is -2.20. The van der Waals surface area contributed by atoms with Crippen molar-refractivity contribution in [1.82, 2.24) is 10.2 Å². The standard InChI is InChI=1S/C13H10F3N3O3S/c1-7(20)8-2-4-9(5-3-8)22-6-10(21)17-12-19-18-11(23-12)13(14,15)16/h2-5H,6H2,1H3,(H,17,19,21). The van der Waals surface area contributed by atoms with Gasteiger partial charge in [-0.3, -0.25) is 14.9 Å². The number of benzene rings is 1. The highest BCUT2D eigenvalue weighted by molar-refractivity contribution is 7.15. The molecule has 1 aromatic heterocycles. The van der Waals surface area contributed by atoms with E-state index in [4.69, 9.17) is 4.74 Å². The summed E-state index contributed by atoms with van der Waals surface area (Å²) in [5.74, 6) is -0.435. The summed E-state index contributed by atoms with van der Waals surface area (Å²) in [6, 6.07) is 6.10. The van der Waals surface area contributed by atoms with Crippen molar-refractivity contribution in [2.24, 2.45) is 0 Å². The monoisotopic (exact) mass is 345 g/mol. The summed E-state index contributed by atoms with van der Waals surface area (Å²) in [7, 11) is 0. The Labute approximate surface area is 132 Å². The molecule has 1 N–H and O–H groups in total. The van der Waals surface area contributed by atoms with Gasteiger partial charge in [-0.25, -0.2) is 0 Å². The van der Waals surface area contributed by atoms with E-state index in [1.165, 1.54) is 31.2 Å². The number of carbonyl (C=O) groups is 2. The summed E-state index contributed by atoms with van der Waals surface area (Å²) >= 11 is 0.223. The topological polar surface area (TPSA) is 81.2 Å². The van der Waals surface area contributed by atoms with Gasteiger partial charge in [0.05, 0.1) is 0 Å². The Morgan fingerprint density at radius 2 is 1.87 bits per heavy atom. The average Bonchev–Trinajstić information content (AvgIpc) is 2.94. The van der Waals surface area contributed by atoms with Crippen molar-refractivity contribution in [2.45, 2.75) is 13.1 Å². The number of ether oxygens (including phenoxy) is 1. The minimum atomic E-state index is -4.60. The molecule has 2 rings (SSSR count). The molecule has 0 saturated heterocycles. The van der Waals surface area contributed by atoms with Gasteiger partial charge in [-0.05, 0) is 31.2 Å². The average molecular weight is 345 g/mol. The van der Waals surface area contributed by atoms with Crippen LogP contribution < -0.4 is 10.1 Å². The van der Waals surface area contributed by atoms with Crippen molar-refractivity contribution >= 4 is 28.2 Å². The normalized spacial score (nSPS) is 11.1. The number of ketones is 1. The highest BCUT2D eigenvalue weighted by Crippen LogP contribution is 2.32. The fourth-order valence-electron chi connectivity index (χ4n) is 1.48. The molecule has 0 spiro atoms. The summed E-state index contributed by atoms with van der Waals surface area (Å²) < 4.78 is 42.2. The number of amides is 1. The lowest BCUT2D eigenvalue weighted by atomic mass is 10.1. The van der Waals surface area contributed by atoms with E-state index in [1.807, 2.05) is 0 Å². The fraction of sp³-hybridized carbons (Fsp3) is 0.231.